The molecule has 6 heteroatoms. The summed E-state index contributed by atoms with van der Waals surface area (Å²) >= 11 is 0. The van der Waals surface area contributed by atoms with E-state index >= 15 is 0 Å². The summed E-state index contributed by atoms with van der Waals surface area (Å²) in [6, 6.07) is 6.68. The highest BCUT2D eigenvalue weighted by atomic mass is 16.2. The van der Waals surface area contributed by atoms with E-state index in [0.717, 1.165) is 18.5 Å². The number of rotatable bonds is 4. The van der Waals surface area contributed by atoms with Crippen LogP contribution in [0.3, 0.4) is 0 Å². The first kappa shape index (κ1) is 12.5. The Morgan fingerprint density at radius 3 is 2.90 bits per heavy atom. The second kappa shape index (κ2) is 5.24. The maximum Gasteiger partial charge on any atom is 0.267 e. The quantitative estimate of drug-likeness (QED) is 0.904. The van der Waals surface area contributed by atoms with Gasteiger partial charge in [-0.05, 0) is 31.0 Å². The van der Waals surface area contributed by atoms with Crippen molar-refractivity contribution in [3.63, 3.8) is 0 Å². The van der Waals surface area contributed by atoms with Crippen LogP contribution in [0.25, 0.3) is 0 Å². The lowest BCUT2D eigenvalue weighted by atomic mass is 10.3. The molecule has 0 spiro atoms. The van der Waals surface area contributed by atoms with Crippen LogP contribution in [0.1, 0.15) is 24.5 Å². The van der Waals surface area contributed by atoms with Gasteiger partial charge >= 0.3 is 0 Å². The maximum absolute atomic E-state index is 11.9. The third kappa shape index (κ3) is 2.90. The van der Waals surface area contributed by atoms with Gasteiger partial charge in [-0.3, -0.25) is 14.6 Å². The van der Waals surface area contributed by atoms with Crippen LogP contribution in [0.5, 0.6) is 0 Å². The van der Waals surface area contributed by atoms with Crippen LogP contribution in [0.4, 0.5) is 5.69 Å². The Balaban J connectivity index is 1.72. The minimum Gasteiger partial charge on any atom is -0.323 e. The summed E-state index contributed by atoms with van der Waals surface area (Å²) in [7, 11) is 0. The molecule has 1 amide bonds. The van der Waals surface area contributed by atoms with E-state index < -0.39 is 0 Å². The highest BCUT2D eigenvalue weighted by Crippen LogP contribution is 2.38. The number of pyridine rings is 1. The van der Waals surface area contributed by atoms with E-state index in [9.17, 15) is 9.59 Å². The van der Waals surface area contributed by atoms with Crippen molar-refractivity contribution in [2.45, 2.75) is 25.3 Å². The Morgan fingerprint density at radius 1 is 1.35 bits per heavy atom. The summed E-state index contributed by atoms with van der Waals surface area (Å²) < 4.78 is 1.21. The number of nitrogens with one attached hydrogen (secondary N) is 1. The van der Waals surface area contributed by atoms with E-state index in [1.807, 2.05) is 0 Å². The molecule has 2 aromatic rings. The molecule has 0 bridgehead atoms. The van der Waals surface area contributed by atoms with Crippen LogP contribution < -0.4 is 10.9 Å². The summed E-state index contributed by atoms with van der Waals surface area (Å²) in [4.78, 5) is 27.5. The van der Waals surface area contributed by atoms with Crippen molar-refractivity contribution in [3.8, 4) is 0 Å². The fourth-order valence-corrected chi connectivity index (χ4v) is 1.95. The summed E-state index contributed by atoms with van der Waals surface area (Å²) in [6.45, 7) is -0.0890. The molecule has 0 saturated heterocycles. The van der Waals surface area contributed by atoms with Crippen molar-refractivity contribution < 1.29 is 4.79 Å². The molecule has 6 nitrogen and oxygen atoms in total. The number of hydrogen-bond donors (Lipinski definition) is 1. The predicted octanol–water partition coefficient (Wildman–Crippen LogP) is 1.15. The molecule has 0 radical (unpaired) electrons. The van der Waals surface area contributed by atoms with Gasteiger partial charge in [-0.25, -0.2) is 4.68 Å². The predicted molar refractivity (Wildman–Crippen MR) is 73.3 cm³/mol. The summed E-state index contributed by atoms with van der Waals surface area (Å²) in [5.41, 5.74) is 1.22. The molecule has 1 N–H and O–H groups in total. The van der Waals surface area contributed by atoms with Gasteiger partial charge in [0.25, 0.3) is 5.56 Å². The third-order valence-corrected chi connectivity index (χ3v) is 3.12. The van der Waals surface area contributed by atoms with Gasteiger partial charge in [0.05, 0.1) is 17.6 Å². The van der Waals surface area contributed by atoms with Crippen LogP contribution in [0.15, 0.2) is 41.5 Å². The van der Waals surface area contributed by atoms with Crippen LogP contribution in [0, 0.1) is 0 Å². The highest BCUT2D eigenvalue weighted by molar-refractivity contribution is 5.90. The van der Waals surface area contributed by atoms with Crippen LogP contribution in [-0.2, 0) is 11.3 Å². The van der Waals surface area contributed by atoms with Crippen LogP contribution in [-0.4, -0.2) is 20.7 Å². The first-order chi connectivity index (χ1) is 9.72. The molecular weight excluding hydrogens is 256 g/mol. The molecular formula is C14H14N4O2. The molecule has 102 valence electrons. The molecule has 2 heterocycles. The number of nitrogens with zero attached hydrogens (tertiary/aromatic N) is 3. The Hall–Kier alpha value is -2.50. The van der Waals surface area contributed by atoms with Gasteiger partial charge in [-0.2, -0.15) is 5.10 Å². The topological polar surface area (TPSA) is 76.9 Å². The fourth-order valence-electron chi connectivity index (χ4n) is 1.95. The molecule has 0 aromatic carbocycles. The fraction of sp³-hybridized carbons (Fsp3) is 0.286. The first-order valence-electron chi connectivity index (χ1n) is 6.50. The number of aromatic nitrogens is 3. The minimum atomic E-state index is -0.291. The zero-order chi connectivity index (χ0) is 13.9. The van der Waals surface area contributed by atoms with Gasteiger partial charge in [0, 0.05) is 18.2 Å². The standard InChI is InChI=1S/C14H14N4O2/c19-13(16-11-2-1-7-15-8-11)9-18-14(20)6-5-12(17-18)10-3-4-10/h1-2,5-8,10H,3-4,9H2,(H,16,19). The molecule has 1 fully saturated rings. The van der Waals surface area contributed by atoms with Crippen molar-refractivity contribution in [1.29, 1.82) is 0 Å². The summed E-state index contributed by atoms with van der Waals surface area (Å²) in [6.07, 6.45) is 5.38. The van der Waals surface area contributed by atoms with Crippen LogP contribution in [0.2, 0.25) is 0 Å². The first-order valence-corrected chi connectivity index (χ1v) is 6.50. The van der Waals surface area contributed by atoms with E-state index in [0.29, 0.717) is 11.6 Å². The van der Waals surface area contributed by atoms with Gasteiger partial charge in [0.2, 0.25) is 5.91 Å². The average molecular weight is 270 g/mol. The van der Waals surface area contributed by atoms with E-state index in [1.54, 1.807) is 30.6 Å². The minimum absolute atomic E-state index is 0.0890. The SMILES string of the molecule is O=C(Cn1nc(C2CC2)ccc1=O)Nc1cccnc1. The van der Waals surface area contributed by atoms with E-state index in [-0.39, 0.29) is 18.0 Å². The molecule has 1 aliphatic carbocycles. The highest BCUT2D eigenvalue weighted by Gasteiger charge is 2.25. The number of carbonyl (C=O) groups excluding carboxylic acids is 1. The molecule has 2 aromatic heterocycles. The second-order valence-electron chi connectivity index (χ2n) is 4.82. The molecule has 0 atom stereocenters. The average Bonchev–Trinajstić information content (AvgIpc) is 3.27. The number of amides is 1. The van der Waals surface area contributed by atoms with Crippen LogP contribution >= 0.6 is 0 Å². The molecule has 1 saturated carbocycles. The van der Waals surface area contributed by atoms with Crippen molar-refractivity contribution >= 4 is 11.6 Å². The molecule has 3 rings (SSSR count). The van der Waals surface area contributed by atoms with E-state index in [4.69, 9.17) is 0 Å². The third-order valence-electron chi connectivity index (χ3n) is 3.12. The lowest BCUT2D eigenvalue weighted by molar-refractivity contribution is -0.117. The lowest BCUT2D eigenvalue weighted by Crippen LogP contribution is -2.29. The van der Waals surface area contributed by atoms with Crippen molar-refractivity contribution in [2.24, 2.45) is 0 Å². The van der Waals surface area contributed by atoms with E-state index in [2.05, 4.69) is 15.4 Å². The molecule has 0 aliphatic heterocycles. The molecule has 0 unspecified atom stereocenters. The monoisotopic (exact) mass is 270 g/mol. The van der Waals surface area contributed by atoms with E-state index in [1.165, 1.54) is 10.7 Å². The largest absolute Gasteiger partial charge is 0.323 e. The van der Waals surface area contributed by atoms with Crippen molar-refractivity contribution in [1.82, 2.24) is 14.8 Å². The molecule has 1 aliphatic rings. The van der Waals surface area contributed by atoms with Gasteiger partial charge in [-0.1, -0.05) is 0 Å². The number of carbonyl (C=O) groups is 1. The lowest BCUT2D eigenvalue weighted by Gasteiger charge is -2.07. The van der Waals surface area contributed by atoms with Gasteiger partial charge in [-0.15, -0.1) is 0 Å². The van der Waals surface area contributed by atoms with Gasteiger partial charge in [0.1, 0.15) is 6.54 Å². The summed E-state index contributed by atoms with van der Waals surface area (Å²) in [5, 5.41) is 6.92. The number of hydrogen-bond acceptors (Lipinski definition) is 4. The Morgan fingerprint density at radius 2 is 2.20 bits per heavy atom. The Kier molecular flexibility index (Phi) is 3.28. The van der Waals surface area contributed by atoms with Gasteiger partial charge < -0.3 is 5.32 Å². The zero-order valence-electron chi connectivity index (χ0n) is 10.8. The van der Waals surface area contributed by atoms with Crippen molar-refractivity contribution in [2.75, 3.05) is 5.32 Å². The number of anilines is 1. The molecule has 20 heavy (non-hydrogen) atoms. The maximum atomic E-state index is 11.9. The Labute approximate surface area is 115 Å². The van der Waals surface area contributed by atoms with Crippen molar-refractivity contribution in [3.05, 3.63) is 52.7 Å². The second-order valence-corrected chi connectivity index (χ2v) is 4.82. The Bertz CT molecular complexity index is 677. The normalized spacial score (nSPS) is 14.0. The smallest absolute Gasteiger partial charge is 0.267 e. The zero-order valence-corrected chi connectivity index (χ0v) is 10.8. The van der Waals surface area contributed by atoms with Gasteiger partial charge in [0.15, 0.2) is 0 Å². The summed E-state index contributed by atoms with van der Waals surface area (Å²) in [5.74, 6) is 0.156.